The minimum absolute atomic E-state index is 0.0699. The van der Waals surface area contributed by atoms with Crippen LogP contribution in [0.3, 0.4) is 0 Å². The summed E-state index contributed by atoms with van der Waals surface area (Å²) in [6.45, 7) is 9.14. The molecule has 1 aromatic heterocycles. The molecule has 2 heterocycles. The average Bonchev–Trinajstić information content (AvgIpc) is 2.50. The van der Waals surface area contributed by atoms with Crippen molar-refractivity contribution in [3.8, 4) is 0 Å². The molecule has 1 aliphatic rings. The van der Waals surface area contributed by atoms with Gasteiger partial charge in [0.05, 0.1) is 11.2 Å². The molecule has 6 nitrogen and oxygen atoms in total. The van der Waals surface area contributed by atoms with Crippen LogP contribution in [0.15, 0.2) is 18.3 Å². The summed E-state index contributed by atoms with van der Waals surface area (Å²) in [6.07, 6.45) is 1.53. The number of nitrogens with one attached hydrogen (secondary N) is 1. The molecule has 0 aromatic carbocycles. The summed E-state index contributed by atoms with van der Waals surface area (Å²) in [7, 11) is -0.553. The normalized spacial score (nSPS) is 19.9. The molecular formula is C13H19BN2O4. The van der Waals surface area contributed by atoms with Crippen LogP contribution in [-0.2, 0) is 14.1 Å². The van der Waals surface area contributed by atoms with Crippen molar-refractivity contribution in [2.24, 2.45) is 0 Å². The van der Waals surface area contributed by atoms with Crippen molar-refractivity contribution >= 4 is 18.6 Å². The fourth-order valence-corrected chi connectivity index (χ4v) is 1.83. The van der Waals surface area contributed by atoms with E-state index in [9.17, 15) is 4.79 Å². The first-order chi connectivity index (χ1) is 9.12. The molecule has 0 amide bonds. The molecule has 0 saturated carbocycles. The molecule has 1 saturated heterocycles. The van der Waals surface area contributed by atoms with Gasteiger partial charge in [0.2, 0.25) is 0 Å². The minimum atomic E-state index is -0.553. The Kier molecular flexibility index (Phi) is 3.52. The second kappa shape index (κ2) is 4.75. The molecule has 7 heteroatoms. The zero-order valence-electron chi connectivity index (χ0n) is 12.4. The molecule has 0 atom stereocenters. The molecule has 0 aliphatic carbocycles. The molecule has 20 heavy (non-hydrogen) atoms. The van der Waals surface area contributed by atoms with Crippen LogP contribution >= 0.6 is 0 Å². The number of hydrogen-bond donors (Lipinski definition) is 1. The minimum Gasteiger partial charge on any atom is -0.399 e. The maximum absolute atomic E-state index is 11.0. The van der Waals surface area contributed by atoms with E-state index in [0.717, 1.165) is 4.73 Å². The highest BCUT2D eigenvalue weighted by Gasteiger charge is 2.51. The van der Waals surface area contributed by atoms with Crippen LogP contribution < -0.4 is 15.8 Å². The highest BCUT2D eigenvalue weighted by atomic mass is 16.7. The zero-order chi connectivity index (χ0) is 15.1. The van der Waals surface area contributed by atoms with E-state index in [2.05, 4.69) is 0 Å². The van der Waals surface area contributed by atoms with Gasteiger partial charge >= 0.3 is 13.1 Å². The lowest BCUT2D eigenvalue weighted by molar-refractivity contribution is -0.142. The lowest BCUT2D eigenvalue weighted by Crippen LogP contribution is -2.41. The van der Waals surface area contributed by atoms with E-state index in [0.29, 0.717) is 5.46 Å². The lowest BCUT2D eigenvalue weighted by atomic mass is 9.80. The first kappa shape index (κ1) is 14.8. The van der Waals surface area contributed by atoms with Crippen molar-refractivity contribution in [1.29, 1.82) is 5.41 Å². The second-order valence-corrected chi connectivity index (χ2v) is 5.84. The Labute approximate surface area is 118 Å². The first-order valence-electron chi connectivity index (χ1n) is 6.44. The Bertz CT molecular complexity index is 578. The van der Waals surface area contributed by atoms with Crippen molar-refractivity contribution in [2.45, 2.75) is 45.8 Å². The van der Waals surface area contributed by atoms with Crippen molar-refractivity contribution in [3.05, 3.63) is 23.8 Å². The number of hydrogen-bond acceptors (Lipinski definition) is 5. The van der Waals surface area contributed by atoms with E-state index >= 15 is 0 Å². The standard InChI is InChI=1S/C13H19BN2O4/c1-9(17)18-16-8-10(6-7-11(16)15)14-19-12(2,3)13(4,5)20-14/h6-8,15H,1-5H3. The van der Waals surface area contributed by atoms with E-state index in [-0.39, 0.29) is 5.49 Å². The van der Waals surface area contributed by atoms with Crippen LogP contribution in [0.4, 0.5) is 0 Å². The van der Waals surface area contributed by atoms with Crippen molar-refractivity contribution in [3.63, 3.8) is 0 Å². The van der Waals surface area contributed by atoms with Gasteiger partial charge in [-0.1, -0.05) is 6.07 Å². The number of pyridine rings is 1. The summed E-state index contributed by atoms with van der Waals surface area (Å²) in [5, 5.41) is 7.69. The maximum atomic E-state index is 11.0. The number of carbonyl (C=O) groups is 1. The third-order valence-electron chi connectivity index (χ3n) is 3.69. The highest BCUT2D eigenvalue weighted by Crippen LogP contribution is 2.36. The van der Waals surface area contributed by atoms with Gasteiger partial charge in [-0.15, -0.1) is 0 Å². The van der Waals surface area contributed by atoms with Gasteiger partial charge in [-0.05, 0) is 33.8 Å². The molecule has 0 bridgehead atoms. The molecule has 1 N–H and O–H groups in total. The monoisotopic (exact) mass is 278 g/mol. The average molecular weight is 278 g/mol. The summed E-state index contributed by atoms with van der Waals surface area (Å²) in [5.74, 6) is -0.491. The van der Waals surface area contributed by atoms with E-state index < -0.39 is 24.3 Å². The van der Waals surface area contributed by atoms with Gasteiger partial charge in [-0.2, -0.15) is 4.73 Å². The van der Waals surface area contributed by atoms with Crippen LogP contribution in [0.1, 0.15) is 34.6 Å². The van der Waals surface area contributed by atoms with Gasteiger partial charge in [-0.25, -0.2) is 4.79 Å². The van der Waals surface area contributed by atoms with Gasteiger partial charge in [0.25, 0.3) is 0 Å². The van der Waals surface area contributed by atoms with E-state index in [1.807, 2.05) is 27.7 Å². The number of aromatic nitrogens is 1. The third-order valence-corrected chi connectivity index (χ3v) is 3.69. The third kappa shape index (κ3) is 2.64. The summed E-state index contributed by atoms with van der Waals surface area (Å²) in [6, 6.07) is 3.26. The Morgan fingerprint density at radius 3 is 2.30 bits per heavy atom. The molecule has 1 aromatic rings. The van der Waals surface area contributed by atoms with Gasteiger partial charge in [0.15, 0.2) is 5.49 Å². The SMILES string of the molecule is CC(=O)On1cc(B2OC(C)(C)C(C)(C)O2)ccc1=N. The lowest BCUT2D eigenvalue weighted by Gasteiger charge is -2.32. The van der Waals surface area contributed by atoms with Crippen LogP contribution in [0.25, 0.3) is 0 Å². The second-order valence-electron chi connectivity index (χ2n) is 5.84. The maximum Gasteiger partial charge on any atom is 0.496 e. The van der Waals surface area contributed by atoms with Gasteiger partial charge in [0.1, 0.15) is 0 Å². The first-order valence-corrected chi connectivity index (χ1v) is 6.44. The van der Waals surface area contributed by atoms with Crippen LogP contribution in [0, 0.1) is 5.41 Å². The Hall–Kier alpha value is -1.60. The van der Waals surface area contributed by atoms with Crippen LogP contribution in [0.5, 0.6) is 0 Å². The molecular weight excluding hydrogens is 259 g/mol. The van der Waals surface area contributed by atoms with Crippen molar-refractivity contribution < 1.29 is 18.9 Å². The van der Waals surface area contributed by atoms with Gasteiger partial charge in [-0.3, -0.25) is 5.41 Å². The molecule has 1 fully saturated rings. The summed E-state index contributed by atoms with van der Waals surface area (Å²) in [5.41, 5.74) is -0.117. The molecule has 0 radical (unpaired) electrons. The van der Waals surface area contributed by atoms with E-state index in [1.165, 1.54) is 19.2 Å². The summed E-state index contributed by atoms with van der Waals surface area (Å²) >= 11 is 0. The Morgan fingerprint density at radius 1 is 1.25 bits per heavy atom. The molecule has 0 unspecified atom stereocenters. The quantitative estimate of drug-likeness (QED) is 0.786. The predicted octanol–water partition coefficient (Wildman–Crippen LogP) is 0.242. The van der Waals surface area contributed by atoms with Crippen molar-refractivity contribution in [1.82, 2.24) is 4.73 Å². The van der Waals surface area contributed by atoms with Crippen molar-refractivity contribution in [2.75, 3.05) is 0 Å². The van der Waals surface area contributed by atoms with Gasteiger partial charge in [0, 0.05) is 18.6 Å². The Balaban J connectivity index is 2.31. The van der Waals surface area contributed by atoms with Gasteiger partial charge < -0.3 is 14.1 Å². The fraction of sp³-hybridized carbons (Fsp3) is 0.538. The number of carbonyl (C=O) groups excluding carboxylic acids is 1. The van der Waals surface area contributed by atoms with Crippen LogP contribution in [0.2, 0.25) is 0 Å². The topological polar surface area (TPSA) is 73.5 Å². The summed E-state index contributed by atoms with van der Waals surface area (Å²) in [4.78, 5) is 15.9. The predicted molar refractivity (Wildman–Crippen MR) is 73.3 cm³/mol. The highest BCUT2D eigenvalue weighted by molar-refractivity contribution is 6.62. The molecule has 1 aliphatic heterocycles. The number of rotatable bonds is 2. The fourth-order valence-electron chi connectivity index (χ4n) is 1.83. The zero-order valence-corrected chi connectivity index (χ0v) is 12.4. The van der Waals surface area contributed by atoms with E-state index in [4.69, 9.17) is 19.6 Å². The Morgan fingerprint density at radius 2 is 1.80 bits per heavy atom. The smallest absolute Gasteiger partial charge is 0.399 e. The number of nitrogens with zero attached hydrogens (tertiary/aromatic N) is 1. The largest absolute Gasteiger partial charge is 0.496 e. The van der Waals surface area contributed by atoms with Crippen LogP contribution in [-0.4, -0.2) is 29.0 Å². The molecule has 108 valence electrons. The summed E-state index contributed by atoms with van der Waals surface area (Å²) < 4.78 is 12.9. The molecule has 0 spiro atoms. The van der Waals surface area contributed by atoms with E-state index in [1.54, 1.807) is 6.07 Å². The molecule has 2 rings (SSSR count).